The molecule has 1 aromatic carbocycles. The number of hydrogen-bond acceptors (Lipinski definition) is 4. The molecule has 17 heavy (non-hydrogen) atoms. The molecule has 4 heteroatoms. The second-order valence-electron chi connectivity index (χ2n) is 4.35. The van der Waals surface area contributed by atoms with Crippen LogP contribution in [0.2, 0.25) is 0 Å². The highest BCUT2D eigenvalue weighted by molar-refractivity contribution is 5.79. The van der Waals surface area contributed by atoms with Crippen LogP contribution in [0.4, 0.5) is 0 Å². The van der Waals surface area contributed by atoms with Gasteiger partial charge in [0, 0.05) is 13.1 Å². The molecule has 0 saturated heterocycles. The minimum atomic E-state index is 0.329. The number of benzene rings is 1. The summed E-state index contributed by atoms with van der Waals surface area (Å²) in [5.74, 6) is 1.02. The molecule has 0 amide bonds. The second kappa shape index (κ2) is 5.57. The molecule has 0 bridgehead atoms. The topological polar surface area (TPSA) is 61.8 Å². The molecule has 1 aliphatic heterocycles. The fraction of sp³-hybridized carbons (Fsp3) is 0.462. The van der Waals surface area contributed by atoms with Crippen molar-refractivity contribution in [2.45, 2.75) is 19.3 Å². The quantitative estimate of drug-likeness (QED) is 0.755. The molecule has 3 N–H and O–H groups in total. The fourth-order valence-corrected chi connectivity index (χ4v) is 2.02. The molecule has 1 aliphatic rings. The first-order chi connectivity index (χ1) is 8.25. The van der Waals surface area contributed by atoms with Crippen molar-refractivity contribution in [3.8, 4) is 5.75 Å². The van der Waals surface area contributed by atoms with Gasteiger partial charge in [-0.3, -0.25) is 4.99 Å². The van der Waals surface area contributed by atoms with Gasteiger partial charge in [-0.2, -0.15) is 0 Å². The number of guanidine groups is 1. The van der Waals surface area contributed by atoms with Crippen molar-refractivity contribution >= 4 is 5.96 Å². The van der Waals surface area contributed by atoms with Gasteiger partial charge in [0.2, 0.25) is 0 Å². The first kappa shape index (κ1) is 11.8. The van der Waals surface area contributed by atoms with Crippen molar-refractivity contribution in [2.24, 2.45) is 10.7 Å². The maximum Gasteiger partial charge on any atom is 0.191 e. The van der Waals surface area contributed by atoms with Crippen LogP contribution >= 0.6 is 0 Å². The van der Waals surface area contributed by atoms with E-state index in [0.717, 1.165) is 38.9 Å². The summed E-state index contributed by atoms with van der Waals surface area (Å²) in [6, 6.07) is 7.42. The highest BCUT2D eigenvalue weighted by Gasteiger charge is 2.11. The monoisotopic (exact) mass is 233 g/mol. The molecule has 1 aromatic rings. The zero-order chi connectivity index (χ0) is 12.1. The number of phenolic OH excluding ortho intramolecular Hbond substituents is 1. The summed E-state index contributed by atoms with van der Waals surface area (Å²) >= 11 is 0. The Balaban J connectivity index is 1.66. The highest BCUT2D eigenvalue weighted by atomic mass is 16.3. The van der Waals surface area contributed by atoms with E-state index in [1.165, 1.54) is 5.56 Å². The molecule has 0 saturated carbocycles. The van der Waals surface area contributed by atoms with Gasteiger partial charge in [-0.25, -0.2) is 0 Å². The lowest BCUT2D eigenvalue weighted by Crippen LogP contribution is -2.34. The highest BCUT2D eigenvalue weighted by Crippen LogP contribution is 2.12. The van der Waals surface area contributed by atoms with Crippen molar-refractivity contribution in [1.29, 1.82) is 0 Å². The van der Waals surface area contributed by atoms with Gasteiger partial charge in [0.1, 0.15) is 5.75 Å². The molecule has 1 heterocycles. The lowest BCUT2D eigenvalue weighted by molar-refractivity contribution is 0.434. The van der Waals surface area contributed by atoms with E-state index in [4.69, 9.17) is 10.8 Å². The molecule has 4 nitrogen and oxygen atoms in total. The summed E-state index contributed by atoms with van der Waals surface area (Å²) in [4.78, 5) is 6.29. The van der Waals surface area contributed by atoms with Crippen LogP contribution in [0.3, 0.4) is 0 Å². The van der Waals surface area contributed by atoms with E-state index in [-0.39, 0.29) is 0 Å². The number of aryl methyl sites for hydroxylation is 1. The zero-order valence-corrected chi connectivity index (χ0v) is 9.97. The lowest BCUT2D eigenvalue weighted by atomic mass is 10.1. The number of aromatic hydroxyl groups is 1. The predicted molar refractivity (Wildman–Crippen MR) is 69.1 cm³/mol. The van der Waals surface area contributed by atoms with Gasteiger partial charge < -0.3 is 15.7 Å². The average molecular weight is 233 g/mol. The third-order valence-corrected chi connectivity index (χ3v) is 3.05. The first-order valence-electron chi connectivity index (χ1n) is 6.08. The fourth-order valence-electron chi connectivity index (χ4n) is 2.02. The Morgan fingerprint density at radius 3 is 2.65 bits per heavy atom. The maximum absolute atomic E-state index is 9.17. The maximum atomic E-state index is 9.17. The van der Waals surface area contributed by atoms with Gasteiger partial charge in [-0.05, 0) is 37.0 Å². The molecule has 0 aromatic heterocycles. The molecular formula is C13H19N3O. The normalized spacial score (nSPS) is 15.1. The van der Waals surface area contributed by atoms with E-state index in [0.29, 0.717) is 11.7 Å². The molecular weight excluding hydrogens is 214 g/mol. The predicted octanol–water partition coefficient (Wildman–Crippen LogP) is 1.35. The smallest absolute Gasteiger partial charge is 0.191 e. The Bertz CT molecular complexity index is 386. The Kier molecular flexibility index (Phi) is 3.85. The zero-order valence-electron chi connectivity index (χ0n) is 9.97. The van der Waals surface area contributed by atoms with Gasteiger partial charge in [-0.1, -0.05) is 12.1 Å². The summed E-state index contributed by atoms with van der Waals surface area (Å²) in [7, 11) is 0. The Morgan fingerprint density at radius 1 is 1.24 bits per heavy atom. The minimum absolute atomic E-state index is 0.329. The third-order valence-electron chi connectivity index (χ3n) is 3.05. The summed E-state index contributed by atoms with van der Waals surface area (Å²) in [6.45, 7) is 2.79. The molecule has 0 spiro atoms. The summed E-state index contributed by atoms with van der Waals surface area (Å²) in [5, 5.41) is 9.17. The molecule has 92 valence electrons. The van der Waals surface area contributed by atoms with E-state index >= 15 is 0 Å². The number of nitrogens with zero attached hydrogens (tertiary/aromatic N) is 2. The number of nitrogens with two attached hydrogens (primary N) is 1. The first-order valence-corrected chi connectivity index (χ1v) is 6.08. The van der Waals surface area contributed by atoms with E-state index in [9.17, 15) is 0 Å². The van der Waals surface area contributed by atoms with E-state index in [2.05, 4.69) is 9.89 Å². The van der Waals surface area contributed by atoms with Crippen LogP contribution in [0.5, 0.6) is 5.75 Å². The number of phenols is 1. The molecule has 0 atom stereocenters. The SMILES string of the molecule is NC1=NCCN1CCCCc1ccc(O)cc1. The van der Waals surface area contributed by atoms with E-state index < -0.39 is 0 Å². The van der Waals surface area contributed by atoms with Crippen LogP contribution in [0.25, 0.3) is 0 Å². The van der Waals surface area contributed by atoms with Crippen molar-refractivity contribution in [1.82, 2.24) is 4.90 Å². The Labute approximate surface area is 102 Å². The number of rotatable bonds is 5. The number of hydrogen-bond donors (Lipinski definition) is 2. The van der Waals surface area contributed by atoms with Crippen LogP contribution in [-0.4, -0.2) is 35.6 Å². The van der Waals surface area contributed by atoms with Crippen LogP contribution in [0.1, 0.15) is 18.4 Å². The third kappa shape index (κ3) is 3.37. The van der Waals surface area contributed by atoms with Crippen LogP contribution in [0, 0.1) is 0 Å². The molecule has 0 aliphatic carbocycles. The van der Waals surface area contributed by atoms with Crippen molar-refractivity contribution in [3.05, 3.63) is 29.8 Å². The van der Waals surface area contributed by atoms with Crippen LogP contribution in [0.15, 0.2) is 29.3 Å². The lowest BCUT2D eigenvalue weighted by Gasteiger charge is -2.16. The molecule has 0 unspecified atom stereocenters. The van der Waals surface area contributed by atoms with Gasteiger partial charge in [0.05, 0.1) is 6.54 Å². The van der Waals surface area contributed by atoms with Crippen LogP contribution < -0.4 is 5.73 Å². The molecule has 0 radical (unpaired) electrons. The average Bonchev–Trinajstić information content (AvgIpc) is 2.73. The van der Waals surface area contributed by atoms with E-state index in [1.807, 2.05) is 12.1 Å². The van der Waals surface area contributed by atoms with E-state index in [1.54, 1.807) is 12.1 Å². The Hall–Kier alpha value is -1.71. The Morgan fingerprint density at radius 2 is 2.00 bits per heavy atom. The number of aliphatic imine (C=N–C) groups is 1. The largest absolute Gasteiger partial charge is 0.508 e. The van der Waals surface area contributed by atoms with Gasteiger partial charge >= 0.3 is 0 Å². The van der Waals surface area contributed by atoms with Crippen molar-refractivity contribution < 1.29 is 5.11 Å². The number of unbranched alkanes of at least 4 members (excludes halogenated alkanes) is 1. The van der Waals surface area contributed by atoms with Gasteiger partial charge in [0.25, 0.3) is 0 Å². The summed E-state index contributed by atoms with van der Waals surface area (Å²) < 4.78 is 0. The van der Waals surface area contributed by atoms with Crippen molar-refractivity contribution in [2.75, 3.05) is 19.6 Å². The van der Waals surface area contributed by atoms with Gasteiger partial charge in [-0.15, -0.1) is 0 Å². The summed E-state index contributed by atoms with van der Waals surface area (Å²) in [6.07, 6.45) is 3.30. The second-order valence-corrected chi connectivity index (χ2v) is 4.35. The summed E-state index contributed by atoms with van der Waals surface area (Å²) in [5.41, 5.74) is 7.01. The standard InChI is InChI=1S/C13H19N3O/c14-13-15-8-10-16(13)9-2-1-3-11-4-6-12(17)7-5-11/h4-7,17H,1-3,8-10H2,(H2,14,15). The minimum Gasteiger partial charge on any atom is -0.508 e. The molecule has 0 fully saturated rings. The molecule has 2 rings (SSSR count). The van der Waals surface area contributed by atoms with Crippen molar-refractivity contribution in [3.63, 3.8) is 0 Å². The van der Waals surface area contributed by atoms with Crippen LogP contribution in [-0.2, 0) is 6.42 Å². The van der Waals surface area contributed by atoms with Gasteiger partial charge in [0.15, 0.2) is 5.96 Å².